The second-order valence-corrected chi connectivity index (χ2v) is 12.3. The van der Waals surface area contributed by atoms with Gasteiger partial charge in [0.05, 0.1) is 16.5 Å². The molecule has 0 spiro atoms. The zero-order valence-corrected chi connectivity index (χ0v) is 23.9. The molecule has 1 aliphatic carbocycles. The van der Waals surface area contributed by atoms with Crippen LogP contribution < -0.4 is 14.8 Å². The molecule has 1 N–H and O–H groups in total. The first-order valence-corrected chi connectivity index (χ1v) is 14.3. The first-order chi connectivity index (χ1) is 18.1. The molecule has 38 heavy (non-hydrogen) atoms. The molecule has 1 aromatic heterocycles. The van der Waals surface area contributed by atoms with Gasteiger partial charge in [0.15, 0.2) is 0 Å². The van der Waals surface area contributed by atoms with Crippen LogP contribution in [0.15, 0.2) is 30.5 Å². The lowest BCUT2D eigenvalue weighted by molar-refractivity contribution is -0.126. The van der Waals surface area contributed by atoms with Crippen LogP contribution in [0.25, 0.3) is 6.08 Å². The normalized spacial score (nSPS) is 17.3. The van der Waals surface area contributed by atoms with Gasteiger partial charge in [-0.25, -0.2) is 9.78 Å². The number of thiazole rings is 1. The lowest BCUT2D eigenvalue weighted by atomic mass is 9.96. The van der Waals surface area contributed by atoms with E-state index in [1.54, 1.807) is 23.2 Å². The average Bonchev–Trinajstić information content (AvgIpc) is 3.59. The Morgan fingerprint density at radius 3 is 2.63 bits per heavy atom. The van der Waals surface area contributed by atoms with Gasteiger partial charge in [-0.1, -0.05) is 29.0 Å². The predicted octanol–water partition coefficient (Wildman–Crippen LogP) is 6.54. The second-order valence-electron chi connectivity index (χ2n) is 10.9. The Balaban J connectivity index is 1.21. The van der Waals surface area contributed by atoms with Crippen molar-refractivity contribution in [3.8, 4) is 16.7 Å². The van der Waals surface area contributed by atoms with E-state index in [9.17, 15) is 9.59 Å². The van der Waals surface area contributed by atoms with Crippen molar-refractivity contribution in [2.24, 2.45) is 11.8 Å². The summed E-state index contributed by atoms with van der Waals surface area (Å²) in [4.78, 5) is 31.9. The lowest BCUT2D eigenvalue weighted by Crippen LogP contribution is -2.45. The summed E-state index contributed by atoms with van der Waals surface area (Å²) in [6, 6.07) is 5.25. The minimum Gasteiger partial charge on any atom is -0.493 e. The van der Waals surface area contributed by atoms with Crippen LogP contribution in [0.5, 0.6) is 16.7 Å². The Labute approximate surface area is 233 Å². The number of carbonyl (C=O) groups excluding carboxylic acids is 2. The van der Waals surface area contributed by atoms with Crippen molar-refractivity contribution in [2.75, 3.05) is 19.7 Å². The van der Waals surface area contributed by atoms with Gasteiger partial charge in [0.25, 0.3) is 5.19 Å². The van der Waals surface area contributed by atoms with E-state index < -0.39 is 5.60 Å². The van der Waals surface area contributed by atoms with E-state index in [0.717, 1.165) is 17.2 Å². The number of nitrogens with one attached hydrogen (secondary N) is 1. The lowest BCUT2D eigenvalue weighted by Gasteiger charge is -2.33. The predicted molar refractivity (Wildman–Crippen MR) is 149 cm³/mol. The third kappa shape index (κ3) is 8.63. The third-order valence-corrected chi connectivity index (χ3v) is 7.36. The fraction of sp³-hybridized carbons (Fsp3) is 0.536. The van der Waals surface area contributed by atoms with Gasteiger partial charge in [-0.05, 0) is 77.5 Å². The number of likely N-dealkylation sites (tertiary alicyclic amines) is 1. The standard InChI is InChI=1S/C28H36ClN3O5S/c1-18(31-25(33)20-11-13-32(14-12-20)27(34)37-28(2,3)4)5-9-22-16-30-26(38-22)36-24-10-8-21(15-23(24)29)35-17-19-6-7-19/h5,8-10,15-16,18-20H,6-7,11-14,17H2,1-4H3,(H,31,33)/b9-5+/t18-/m0/s1. The van der Waals surface area contributed by atoms with Crippen molar-refractivity contribution in [3.05, 3.63) is 40.4 Å². The van der Waals surface area contributed by atoms with Crippen LogP contribution in [-0.4, -0.2) is 53.2 Å². The summed E-state index contributed by atoms with van der Waals surface area (Å²) >= 11 is 7.76. The molecule has 2 fully saturated rings. The zero-order valence-electron chi connectivity index (χ0n) is 22.4. The van der Waals surface area contributed by atoms with Gasteiger partial charge in [-0.15, -0.1) is 0 Å². The SMILES string of the molecule is C[C@@H](/C=C/c1cnc(Oc2ccc(OCC3CC3)cc2Cl)s1)NC(=O)C1CCN(C(=O)OC(C)(C)C)CC1. The molecule has 0 bridgehead atoms. The number of rotatable bonds is 9. The molecule has 206 valence electrons. The average molecular weight is 562 g/mol. The smallest absolute Gasteiger partial charge is 0.410 e. The van der Waals surface area contributed by atoms with Crippen molar-refractivity contribution in [2.45, 2.75) is 65.0 Å². The number of benzene rings is 1. The number of carbonyl (C=O) groups is 2. The molecule has 2 aromatic rings. The number of ether oxygens (including phenoxy) is 3. The quantitative estimate of drug-likeness (QED) is 0.374. The van der Waals surface area contributed by atoms with Gasteiger partial charge in [0, 0.05) is 37.3 Å². The first-order valence-electron chi connectivity index (χ1n) is 13.1. The summed E-state index contributed by atoms with van der Waals surface area (Å²) in [7, 11) is 0. The minimum atomic E-state index is -0.527. The first kappa shape index (κ1) is 28.2. The second kappa shape index (κ2) is 12.4. The maximum atomic E-state index is 12.7. The van der Waals surface area contributed by atoms with Crippen LogP contribution in [0.4, 0.5) is 4.79 Å². The third-order valence-electron chi connectivity index (χ3n) is 6.22. The monoisotopic (exact) mass is 561 g/mol. The Bertz CT molecular complexity index is 1150. The van der Waals surface area contributed by atoms with Crippen LogP contribution in [0, 0.1) is 11.8 Å². The largest absolute Gasteiger partial charge is 0.493 e. The van der Waals surface area contributed by atoms with E-state index in [1.165, 1.54) is 24.2 Å². The highest BCUT2D eigenvalue weighted by Crippen LogP contribution is 2.35. The van der Waals surface area contributed by atoms with Crippen LogP contribution in [0.2, 0.25) is 5.02 Å². The summed E-state index contributed by atoms with van der Waals surface area (Å²) in [6.07, 6.45) is 8.94. The Morgan fingerprint density at radius 1 is 1.24 bits per heavy atom. The molecule has 2 heterocycles. The number of aromatic nitrogens is 1. The molecule has 1 saturated carbocycles. The molecular weight excluding hydrogens is 526 g/mol. The van der Waals surface area contributed by atoms with Gasteiger partial charge in [0.1, 0.15) is 17.1 Å². The van der Waals surface area contributed by atoms with E-state index >= 15 is 0 Å². The number of piperidine rings is 1. The van der Waals surface area contributed by atoms with Crippen molar-refractivity contribution >= 4 is 41.0 Å². The van der Waals surface area contributed by atoms with Crippen LogP contribution in [0.1, 0.15) is 58.3 Å². The van der Waals surface area contributed by atoms with Crippen LogP contribution in [-0.2, 0) is 9.53 Å². The summed E-state index contributed by atoms with van der Waals surface area (Å²) in [5.41, 5.74) is -0.527. The van der Waals surface area contributed by atoms with E-state index in [0.29, 0.717) is 47.8 Å². The number of hydrogen-bond acceptors (Lipinski definition) is 7. The fourth-order valence-electron chi connectivity index (χ4n) is 3.92. The van der Waals surface area contributed by atoms with E-state index in [4.69, 9.17) is 25.8 Å². The molecule has 1 aromatic carbocycles. The van der Waals surface area contributed by atoms with Crippen molar-refractivity contribution in [3.63, 3.8) is 0 Å². The van der Waals surface area contributed by atoms with Gasteiger partial charge >= 0.3 is 6.09 Å². The minimum absolute atomic E-state index is 0.00137. The number of hydrogen-bond donors (Lipinski definition) is 1. The van der Waals surface area contributed by atoms with Crippen molar-refractivity contribution < 1.29 is 23.8 Å². The maximum absolute atomic E-state index is 12.7. The van der Waals surface area contributed by atoms with Gasteiger partial charge in [0.2, 0.25) is 5.91 Å². The molecular formula is C28H36ClN3O5S. The van der Waals surface area contributed by atoms with E-state index in [1.807, 2.05) is 45.9 Å². The van der Waals surface area contributed by atoms with Crippen molar-refractivity contribution in [1.29, 1.82) is 0 Å². The fourth-order valence-corrected chi connectivity index (χ4v) is 4.82. The Hall–Kier alpha value is -2.78. The maximum Gasteiger partial charge on any atom is 0.410 e. The molecule has 1 atom stereocenters. The topological polar surface area (TPSA) is 90.0 Å². The molecule has 0 radical (unpaired) electrons. The molecule has 8 nitrogen and oxygen atoms in total. The molecule has 0 unspecified atom stereocenters. The van der Waals surface area contributed by atoms with Crippen LogP contribution in [0.3, 0.4) is 0 Å². The highest BCUT2D eigenvalue weighted by molar-refractivity contribution is 7.14. The van der Waals surface area contributed by atoms with Crippen molar-refractivity contribution in [1.82, 2.24) is 15.2 Å². The van der Waals surface area contributed by atoms with Gasteiger partial charge in [-0.2, -0.15) is 0 Å². The Morgan fingerprint density at radius 2 is 1.97 bits per heavy atom. The molecule has 10 heteroatoms. The van der Waals surface area contributed by atoms with Gasteiger partial charge in [-0.3, -0.25) is 4.79 Å². The number of halogens is 1. The summed E-state index contributed by atoms with van der Waals surface area (Å²) in [5, 5.41) is 4.00. The van der Waals surface area contributed by atoms with Gasteiger partial charge < -0.3 is 24.4 Å². The van der Waals surface area contributed by atoms with Crippen LogP contribution >= 0.6 is 22.9 Å². The van der Waals surface area contributed by atoms with E-state index in [-0.39, 0.29) is 24.0 Å². The zero-order chi connectivity index (χ0) is 27.3. The molecule has 1 saturated heterocycles. The summed E-state index contributed by atoms with van der Waals surface area (Å²) in [6.45, 7) is 9.23. The molecule has 1 aliphatic heterocycles. The number of amides is 2. The Kier molecular flexibility index (Phi) is 9.20. The summed E-state index contributed by atoms with van der Waals surface area (Å²) in [5.74, 6) is 1.81. The highest BCUT2D eigenvalue weighted by atomic mass is 35.5. The molecule has 2 amide bonds. The molecule has 4 rings (SSSR count). The molecule has 2 aliphatic rings. The van der Waals surface area contributed by atoms with E-state index in [2.05, 4.69) is 10.3 Å². The highest BCUT2D eigenvalue weighted by Gasteiger charge is 2.30. The summed E-state index contributed by atoms with van der Waals surface area (Å²) < 4.78 is 17.0. The number of nitrogens with zero attached hydrogens (tertiary/aromatic N) is 2.